The number of carbonyl (C=O) groups is 2. The van der Waals surface area contributed by atoms with Gasteiger partial charge in [-0.15, -0.1) is 0 Å². The second-order valence-electron chi connectivity index (χ2n) is 6.27. The van der Waals surface area contributed by atoms with E-state index in [9.17, 15) is 9.59 Å². The number of carbonyl (C=O) groups excluding carboxylic acids is 2. The fourth-order valence-electron chi connectivity index (χ4n) is 2.80. The Balaban J connectivity index is 1.77. The number of aliphatic imine (C=N–C) groups is 1. The van der Waals surface area contributed by atoms with Gasteiger partial charge >= 0.3 is 0 Å². The molecule has 1 aliphatic rings. The number of ether oxygens (including phenoxy) is 1. The lowest BCUT2D eigenvalue weighted by Gasteiger charge is -2.12. The van der Waals surface area contributed by atoms with Gasteiger partial charge in [-0.25, -0.2) is 15.0 Å². The smallest absolute Gasteiger partial charge is 0.271 e. The molecular weight excluding hydrogens is 382 g/mol. The molecule has 0 atom stereocenters. The number of nitrogens with one attached hydrogen (secondary N) is 2. The van der Waals surface area contributed by atoms with E-state index in [1.807, 2.05) is 36.4 Å². The maximum absolute atomic E-state index is 11.9. The van der Waals surface area contributed by atoms with Crippen LogP contribution in [0.25, 0.3) is 10.9 Å². The summed E-state index contributed by atoms with van der Waals surface area (Å²) < 4.78 is 5.70. The summed E-state index contributed by atoms with van der Waals surface area (Å²) in [5, 5.41) is 6.52. The minimum absolute atomic E-state index is 0.200. The molecule has 148 valence electrons. The zero-order valence-electron chi connectivity index (χ0n) is 15.8. The van der Waals surface area contributed by atoms with E-state index >= 15 is 0 Å². The molecule has 0 aliphatic carbocycles. The third-order valence-corrected chi connectivity index (χ3v) is 4.22. The largest absolute Gasteiger partial charge is 0.490 e. The van der Waals surface area contributed by atoms with E-state index in [4.69, 9.17) is 4.74 Å². The fraction of sp³-hybridized carbons (Fsp3) is 0.0455. The Bertz CT molecular complexity index is 1200. The minimum Gasteiger partial charge on any atom is -0.490 e. The van der Waals surface area contributed by atoms with Gasteiger partial charge in [-0.3, -0.25) is 9.59 Å². The number of aromatic nitrogens is 2. The molecule has 8 nitrogen and oxygen atoms in total. The van der Waals surface area contributed by atoms with Crippen LogP contribution in [-0.2, 0) is 9.59 Å². The van der Waals surface area contributed by atoms with Crippen molar-refractivity contribution < 1.29 is 14.3 Å². The van der Waals surface area contributed by atoms with Crippen LogP contribution >= 0.6 is 0 Å². The minimum atomic E-state index is -0.504. The van der Waals surface area contributed by atoms with Crippen molar-refractivity contribution in [3.63, 3.8) is 0 Å². The Kier molecular flexibility index (Phi) is 5.56. The average Bonchev–Trinajstić information content (AvgIpc) is 2.76. The lowest BCUT2D eigenvalue weighted by molar-refractivity contribution is -0.115. The highest BCUT2D eigenvalue weighted by atomic mass is 16.5. The number of benzene rings is 2. The monoisotopic (exact) mass is 399 g/mol. The SMILES string of the molecule is O=C1/C=C\NC(=O)/C=C\COc2ccc3ncnc(c3c2)Nc2ccccc2C=N1. The van der Waals surface area contributed by atoms with Crippen LogP contribution in [0.2, 0.25) is 0 Å². The van der Waals surface area contributed by atoms with E-state index < -0.39 is 5.91 Å². The van der Waals surface area contributed by atoms with E-state index in [1.165, 1.54) is 30.9 Å². The molecule has 0 fully saturated rings. The standard InChI is InChI=1S/C22H17N5O3/c28-20-6-3-11-30-16-7-8-19-17(12-16)22(26-14-25-19)27-18-5-2-1-4-15(18)13-24-21(29)9-10-23-20/h1-10,12-14H,11H2,(H,23,28)(H,25,26,27)/b6-3-,10-9-,24-13?. The normalized spacial score (nSPS) is 16.5. The van der Waals surface area contributed by atoms with Gasteiger partial charge in [-0.1, -0.05) is 18.2 Å². The number of para-hydroxylation sites is 1. The van der Waals surface area contributed by atoms with Gasteiger partial charge in [0.15, 0.2) is 0 Å². The van der Waals surface area contributed by atoms with Crippen molar-refractivity contribution in [2.45, 2.75) is 0 Å². The Hall–Kier alpha value is -4.33. The molecule has 8 heteroatoms. The highest BCUT2D eigenvalue weighted by molar-refractivity contribution is 6.01. The summed E-state index contributed by atoms with van der Waals surface area (Å²) >= 11 is 0. The first-order valence-corrected chi connectivity index (χ1v) is 9.14. The van der Waals surface area contributed by atoms with Crippen molar-refractivity contribution in [3.05, 3.63) is 78.8 Å². The van der Waals surface area contributed by atoms with Gasteiger partial charge in [0, 0.05) is 41.2 Å². The van der Waals surface area contributed by atoms with Crippen LogP contribution in [0.3, 0.4) is 0 Å². The van der Waals surface area contributed by atoms with Gasteiger partial charge in [0.2, 0.25) is 5.91 Å². The summed E-state index contributed by atoms with van der Waals surface area (Å²) in [4.78, 5) is 36.3. The Morgan fingerprint density at radius 3 is 2.83 bits per heavy atom. The van der Waals surface area contributed by atoms with Crippen molar-refractivity contribution in [2.24, 2.45) is 4.99 Å². The average molecular weight is 399 g/mol. The molecule has 2 bridgehead atoms. The predicted octanol–water partition coefficient (Wildman–Crippen LogP) is 2.90. The quantitative estimate of drug-likeness (QED) is 0.602. The molecule has 3 aromatic rings. The Morgan fingerprint density at radius 1 is 1.00 bits per heavy atom. The zero-order chi connectivity index (χ0) is 20.8. The zero-order valence-corrected chi connectivity index (χ0v) is 15.8. The van der Waals surface area contributed by atoms with Crippen LogP contribution in [0.4, 0.5) is 11.5 Å². The molecule has 2 aromatic carbocycles. The lowest BCUT2D eigenvalue weighted by atomic mass is 10.1. The van der Waals surface area contributed by atoms with Gasteiger partial charge < -0.3 is 15.4 Å². The Morgan fingerprint density at radius 2 is 1.90 bits per heavy atom. The molecule has 0 radical (unpaired) electrons. The number of amides is 2. The van der Waals surface area contributed by atoms with Crippen LogP contribution < -0.4 is 15.4 Å². The molecule has 30 heavy (non-hydrogen) atoms. The van der Waals surface area contributed by atoms with E-state index in [1.54, 1.807) is 12.1 Å². The van der Waals surface area contributed by atoms with Crippen molar-refractivity contribution >= 4 is 40.4 Å². The van der Waals surface area contributed by atoms with Crippen LogP contribution in [-0.4, -0.2) is 34.6 Å². The van der Waals surface area contributed by atoms with Crippen LogP contribution in [0.15, 0.2) is 78.2 Å². The molecule has 2 N–H and O–H groups in total. The van der Waals surface area contributed by atoms with Crippen molar-refractivity contribution in [1.82, 2.24) is 15.3 Å². The van der Waals surface area contributed by atoms with Gasteiger partial charge in [0.1, 0.15) is 24.5 Å². The van der Waals surface area contributed by atoms with Gasteiger partial charge in [-0.2, -0.15) is 0 Å². The lowest BCUT2D eigenvalue weighted by Crippen LogP contribution is -2.14. The predicted molar refractivity (Wildman–Crippen MR) is 114 cm³/mol. The molecule has 0 unspecified atom stereocenters. The maximum Gasteiger partial charge on any atom is 0.271 e. The van der Waals surface area contributed by atoms with E-state index in [-0.39, 0.29) is 12.5 Å². The molecule has 2 heterocycles. The Labute approximate surface area is 172 Å². The summed E-state index contributed by atoms with van der Waals surface area (Å²) in [7, 11) is 0. The number of fused-ring (bicyclic) bond motifs is 2. The molecule has 4 rings (SSSR count). The molecule has 1 aromatic heterocycles. The first-order valence-electron chi connectivity index (χ1n) is 9.14. The molecular formula is C22H17N5O3. The van der Waals surface area contributed by atoms with Crippen molar-refractivity contribution in [2.75, 3.05) is 11.9 Å². The highest BCUT2D eigenvalue weighted by Gasteiger charge is 2.08. The first kappa shape index (κ1) is 19.0. The van der Waals surface area contributed by atoms with Gasteiger partial charge in [0.05, 0.1) is 5.52 Å². The maximum atomic E-state index is 11.9. The molecule has 2 amide bonds. The summed E-state index contributed by atoms with van der Waals surface area (Å²) in [6.07, 6.45) is 8.27. The number of nitrogens with zero attached hydrogens (tertiary/aromatic N) is 3. The molecule has 1 aliphatic heterocycles. The topological polar surface area (TPSA) is 106 Å². The van der Waals surface area contributed by atoms with Crippen molar-refractivity contribution in [3.8, 4) is 5.75 Å². The van der Waals surface area contributed by atoms with E-state index in [2.05, 4.69) is 25.6 Å². The summed E-state index contributed by atoms with van der Waals surface area (Å²) in [5.74, 6) is 0.326. The molecule has 0 saturated heterocycles. The van der Waals surface area contributed by atoms with E-state index in [0.29, 0.717) is 17.1 Å². The number of hydrogen-bond acceptors (Lipinski definition) is 6. The van der Waals surface area contributed by atoms with Gasteiger partial charge in [-0.05, 0) is 30.3 Å². The number of hydrogen-bond donors (Lipinski definition) is 2. The summed E-state index contributed by atoms with van der Waals surface area (Å²) in [6.45, 7) is 0.200. The summed E-state index contributed by atoms with van der Waals surface area (Å²) in [6, 6.07) is 12.9. The number of anilines is 2. The second kappa shape index (κ2) is 8.78. The van der Waals surface area contributed by atoms with E-state index in [0.717, 1.165) is 16.6 Å². The first-order chi connectivity index (χ1) is 14.7. The highest BCUT2D eigenvalue weighted by Crippen LogP contribution is 2.27. The second-order valence-corrected chi connectivity index (χ2v) is 6.27. The van der Waals surface area contributed by atoms with Crippen LogP contribution in [0, 0.1) is 0 Å². The summed E-state index contributed by atoms with van der Waals surface area (Å²) in [5.41, 5.74) is 2.17. The fourth-order valence-corrected chi connectivity index (χ4v) is 2.80. The van der Waals surface area contributed by atoms with Crippen LogP contribution in [0.1, 0.15) is 5.56 Å². The molecule has 0 saturated carbocycles. The number of rotatable bonds is 0. The third kappa shape index (κ3) is 4.56. The van der Waals surface area contributed by atoms with Gasteiger partial charge in [0.25, 0.3) is 5.91 Å². The third-order valence-electron chi connectivity index (χ3n) is 4.22. The van der Waals surface area contributed by atoms with Crippen molar-refractivity contribution in [1.29, 1.82) is 0 Å². The molecule has 0 spiro atoms. The van der Waals surface area contributed by atoms with Crippen LogP contribution in [0.5, 0.6) is 5.75 Å².